The van der Waals surface area contributed by atoms with Gasteiger partial charge in [0.05, 0.1) is 25.8 Å². The van der Waals surface area contributed by atoms with E-state index in [1.54, 1.807) is 6.92 Å². The fourth-order valence-corrected chi connectivity index (χ4v) is 3.08. The van der Waals surface area contributed by atoms with E-state index < -0.39 is 23.9 Å². The van der Waals surface area contributed by atoms with E-state index in [-0.39, 0.29) is 44.8 Å². The molecule has 1 N–H and O–H groups in total. The van der Waals surface area contributed by atoms with Gasteiger partial charge in [0.15, 0.2) is 0 Å². The molecule has 1 heterocycles. The maximum absolute atomic E-state index is 12.9. The number of benzene rings is 1. The predicted octanol–water partition coefficient (Wildman–Crippen LogP) is 2.65. The van der Waals surface area contributed by atoms with Crippen molar-refractivity contribution >= 4 is 23.9 Å². The Morgan fingerprint density at radius 2 is 1.62 bits per heavy atom. The molecule has 0 aliphatic rings. The van der Waals surface area contributed by atoms with Gasteiger partial charge in [0.25, 0.3) is 0 Å². The van der Waals surface area contributed by atoms with E-state index in [2.05, 4.69) is 4.98 Å². The van der Waals surface area contributed by atoms with Gasteiger partial charge in [-0.2, -0.15) is 0 Å². The normalized spacial score (nSPS) is 10.3. The van der Waals surface area contributed by atoms with Gasteiger partial charge in [0.1, 0.15) is 18.9 Å². The number of H-pyrrole nitrogens is 1. The molecule has 1 aromatic heterocycles. The van der Waals surface area contributed by atoms with Crippen LogP contribution in [-0.4, -0.2) is 42.6 Å². The SMILES string of the molecule is CCOC(=O)Cc1c(COC(C)=O)[nH]c(C(=O)OCc2ccccc2)c1CCC(=O)OC. The molecule has 0 aliphatic heterocycles. The van der Waals surface area contributed by atoms with Crippen LogP contribution in [0.5, 0.6) is 0 Å². The van der Waals surface area contributed by atoms with Crippen LogP contribution in [0.15, 0.2) is 30.3 Å². The number of carbonyl (C=O) groups excluding carboxylic acids is 4. The average molecular weight is 445 g/mol. The Balaban J connectivity index is 2.38. The molecule has 0 fully saturated rings. The first-order valence-corrected chi connectivity index (χ1v) is 10.1. The molecule has 0 radical (unpaired) electrons. The molecule has 32 heavy (non-hydrogen) atoms. The predicted molar refractivity (Wildman–Crippen MR) is 112 cm³/mol. The molecular weight excluding hydrogens is 418 g/mol. The van der Waals surface area contributed by atoms with Gasteiger partial charge in [0, 0.05) is 13.3 Å². The Morgan fingerprint density at radius 3 is 2.25 bits per heavy atom. The van der Waals surface area contributed by atoms with Crippen molar-refractivity contribution in [2.75, 3.05) is 13.7 Å². The minimum absolute atomic E-state index is 0.0177. The molecule has 2 rings (SSSR count). The van der Waals surface area contributed by atoms with Crippen molar-refractivity contribution in [3.05, 3.63) is 58.4 Å². The minimum Gasteiger partial charge on any atom is -0.469 e. The third kappa shape index (κ3) is 7.26. The molecule has 0 amide bonds. The first kappa shape index (κ1) is 24.6. The van der Waals surface area contributed by atoms with Gasteiger partial charge in [-0.15, -0.1) is 0 Å². The molecule has 9 nitrogen and oxygen atoms in total. The van der Waals surface area contributed by atoms with E-state index in [9.17, 15) is 19.2 Å². The molecule has 0 bridgehead atoms. The molecule has 0 aliphatic carbocycles. The second-order valence-corrected chi connectivity index (χ2v) is 6.84. The highest BCUT2D eigenvalue weighted by Crippen LogP contribution is 2.25. The van der Waals surface area contributed by atoms with Crippen LogP contribution in [0.1, 0.15) is 53.1 Å². The van der Waals surface area contributed by atoms with Gasteiger partial charge in [-0.25, -0.2) is 4.79 Å². The van der Waals surface area contributed by atoms with Gasteiger partial charge < -0.3 is 23.9 Å². The average Bonchev–Trinajstić information content (AvgIpc) is 3.12. The van der Waals surface area contributed by atoms with E-state index in [4.69, 9.17) is 18.9 Å². The van der Waals surface area contributed by atoms with Crippen molar-refractivity contribution in [1.29, 1.82) is 0 Å². The molecule has 0 atom stereocenters. The molecule has 1 aromatic carbocycles. The Labute approximate surface area is 186 Å². The molecule has 0 saturated heterocycles. The maximum atomic E-state index is 12.9. The Kier molecular flexibility index (Phi) is 9.46. The van der Waals surface area contributed by atoms with Crippen LogP contribution in [0.2, 0.25) is 0 Å². The number of hydrogen-bond donors (Lipinski definition) is 1. The largest absolute Gasteiger partial charge is 0.469 e. The summed E-state index contributed by atoms with van der Waals surface area (Å²) in [5.74, 6) is -2.17. The summed E-state index contributed by atoms with van der Waals surface area (Å²) in [6.45, 7) is 2.98. The number of hydrogen-bond acceptors (Lipinski definition) is 8. The summed E-state index contributed by atoms with van der Waals surface area (Å²) in [4.78, 5) is 51.0. The second-order valence-electron chi connectivity index (χ2n) is 6.84. The van der Waals surface area contributed by atoms with Gasteiger partial charge in [-0.3, -0.25) is 14.4 Å². The van der Waals surface area contributed by atoms with E-state index in [1.165, 1.54) is 14.0 Å². The molecule has 2 aromatic rings. The number of aromatic nitrogens is 1. The van der Waals surface area contributed by atoms with Gasteiger partial charge in [0.2, 0.25) is 0 Å². The molecule has 0 spiro atoms. The van der Waals surface area contributed by atoms with Crippen LogP contribution in [0.4, 0.5) is 0 Å². The molecule has 0 saturated carbocycles. The number of methoxy groups -OCH3 is 1. The zero-order valence-electron chi connectivity index (χ0n) is 18.4. The molecule has 172 valence electrons. The van der Waals surface area contributed by atoms with Crippen LogP contribution in [0, 0.1) is 0 Å². The van der Waals surface area contributed by atoms with Crippen molar-refractivity contribution < 1.29 is 38.1 Å². The third-order valence-electron chi connectivity index (χ3n) is 4.58. The quantitative estimate of drug-likeness (QED) is 0.414. The topological polar surface area (TPSA) is 121 Å². The monoisotopic (exact) mass is 445 g/mol. The number of rotatable bonds is 11. The third-order valence-corrected chi connectivity index (χ3v) is 4.58. The Bertz CT molecular complexity index is 948. The van der Waals surface area contributed by atoms with Crippen LogP contribution in [-0.2, 0) is 59.4 Å². The number of aromatic amines is 1. The van der Waals surface area contributed by atoms with Crippen molar-refractivity contribution in [2.24, 2.45) is 0 Å². The smallest absolute Gasteiger partial charge is 0.355 e. The number of nitrogens with one attached hydrogen (secondary N) is 1. The minimum atomic E-state index is -0.659. The summed E-state index contributed by atoms with van der Waals surface area (Å²) in [5, 5.41) is 0. The van der Waals surface area contributed by atoms with Crippen molar-refractivity contribution in [3.63, 3.8) is 0 Å². The number of esters is 4. The molecule has 0 unspecified atom stereocenters. The van der Waals surface area contributed by atoms with Gasteiger partial charge in [-0.05, 0) is 30.0 Å². The zero-order chi connectivity index (χ0) is 23.5. The van der Waals surface area contributed by atoms with E-state index in [1.807, 2.05) is 30.3 Å². The first-order valence-electron chi connectivity index (χ1n) is 10.1. The van der Waals surface area contributed by atoms with Gasteiger partial charge in [-0.1, -0.05) is 30.3 Å². The van der Waals surface area contributed by atoms with Crippen LogP contribution >= 0.6 is 0 Å². The summed E-state index contributed by atoms with van der Waals surface area (Å²) < 4.78 is 20.2. The highest BCUT2D eigenvalue weighted by Gasteiger charge is 2.26. The Hall–Kier alpha value is -3.62. The first-order chi connectivity index (χ1) is 15.3. The summed E-state index contributed by atoms with van der Waals surface area (Å²) in [7, 11) is 1.26. The number of carbonyl (C=O) groups is 4. The summed E-state index contributed by atoms with van der Waals surface area (Å²) >= 11 is 0. The lowest BCUT2D eigenvalue weighted by atomic mass is 10.0. The molecular formula is C23H27NO8. The van der Waals surface area contributed by atoms with Crippen molar-refractivity contribution in [1.82, 2.24) is 4.98 Å². The zero-order valence-corrected chi connectivity index (χ0v) is 18.4. The summed E-state index contributed by atoms with van der Waals surface area (Å²) in [6.07, 6.45) is -0.0622. The number of ether oxygens (including phenoxy) is 4. The fourth-order valence-electron chi connectivity index (χ4n) is 3.08. The fraction of sp³-hybridized carbons (Fsp3) is 0.391. The molecule has 9 heteroatoms. The van der Waals surface area contributed by atoms with Crippen LogP contribution in [0.25, 0.3) is 0 Å². The van der Waals surface area contributed by atoms with Crippen molar-refractivity contribution in [2.45, 2.75) is 46.3 Å². The summed E-state index contributed by atoms with van der Waals surface area (Å²) in [5.41, 5.74) is 2.10. The van der Waals surface area contributed by atoms with Crippen molar-refractivity contribution in [3.8, 4) is 0 Å². The lowest BCUT2D eigenvalue weighted by Crippen LogP contribution is -2.13. The standard InChI is InChI=1S/C23H27NO8/c1-4-30-21(27)12-18-17(10-11-20(26)29-3)22(24-19(18)14-31-15(2)25)23(28)32-13-16-8-6-5-7-9-16/h5-9,24H,4,10-14H2,1-3H3. The maximum Gasteiger partial charge on any atom is 0.355 e. The van der Waals surface area contributed by atoms with E-state index in [0.717, 1.165) is 5.56 Å². The second kappa shape index (κ2) is 12.3. The van der Waals surface area contributed by atoms with E-state index in [0.29, 0.717) is 16.8 Å². The van der Waals surface area contributed by atoms with Crippen LogP contribution in [0.3, 0.4) is 0 Å². The lowest BCUT2D eigenvalue weighted by Gasteiger charge is -2.09. The van der Waals surface area contributed by atoms with E-state index >= 15 is 0 Å². The highest BCUT2D eigenvalue weighted by atomic mass is 16.5. The Morgan fingerprint density at radius 1 is 0.906 bits per heavy atom. The summed E-state index contributed by atoms with van der Waals surface area (Å²) in [6, 6.07) is 9.14. The highest BCUT2D eigenvalue weighted by molar-refractivity contribution is 5.91. The van der Waals surface area contributed by atoms with Gasteiger partial charge >= 0.3 is 23.9 Å². The van der Waals surface area contributed by atoms with Crippen LogP contribution < -0.4 is 0 Å². The lowest BCUT2D eigenvalue weighted by molar-refractivity contribution is -0.142.